The van der Waals surface area contributed by atoms with Gasteiger partial charge in [-0.05, 0) is 40.9 Å². The zero-order chi connectivity index (χ0) is 21.0. The molecule has 0 atom stereocenters. The fourth-order valence-corrected chi connectivity index (χ4v) is 3.56. The van der Waals surface area contributed by atoms with E-state index in [2.05, 4.69) is 19.9 Å². The molecule has 0 aliphatic carbocycles. The van der Waals surface area contributed by atoms with Crippen LogP contribution in [0.15, 0.2) is 85.5 Å². The molecule has 0 bridgehead atoms. The number of pyridine rings is 1. The van der Waals surface area contributed by atoms with Crippen LogP contribution < -0.4 is 4.74 Å². The van der Waals surface area contributed by atoms with Crippen molar-refractivity contribution >= 4 is 22.8 Å². The Morgan fingerprint density at radius 1 is 0.903 bits per heavy atom. The van der Waals surface area contributed by atoms with Gasteiger partial charge in [0.15, 0.2) is 5.65 Å². The molecule has 152 valence electrons. The first kappa shape index (κ1) is 19.2. The lowest BCUT2D eigenvalue weighted by molar-refractivity contribution is 0.306. The summed E-state index contributed by atoms with van der Waals surface area (Å²) in [7, 11) is 0. The minimum Gasteiger partial charge on any atom is -0.489 e. The van der Waals surface area contributed by atoms with Gasteiger partial charge in [-0.2, -0.15) is 4.98 Å². The molecule has 0 aliphatic rings. The maximum atomic E-state index is 6.28. The van der Waals surface area contributed by atoms with Crippen molar-refractivity contribution in [3.05, 3.63) is 102 Å². The summed E-state index contributed by atoms with van der Waals surface area (Å²) in [5.41, 5.74) is 5.06. The molecule has 5 aromatic rings. The monoisotopic (exact) mass is 427 g/mol. The van der Waals surface area contributed by atoms with Crippen LogP contribution in [0.5, 0.6) is 5.75 Å². The molecule has 2 aromatic carbocycles. The van der Waals surface area contributed by atoms with E-state index in [1.807, 2.05) is 77.5 Å². The Balaban J connectivity index is 1.47. The Labute approximate surface area is 184 Å². The van der Waals surface area contributed by atoms with Crippen LogP contribution in [0, 0.1) is 0 Å². The first-order chi connectivity index (χ1) is 15.3. The van der Waals surface area contributed by atoms with E-state index in [1.165, 1.54) is 0 Å². The van der Waals surface area contributed by atoms with Crippen molar-refractivity contribution in [2.45, 2.75) is 13.2 Å². The van der Waals surface area contributed by atoms with E-state index in [4.69, 9.17) is 16.3 Å². The molecule has 0 spiro atoms. The lowest BCUT2D eigenvalue weighted by Crippen LogP contribution is -2.01. The average Bonchev–Trinajstić information content (AvgIpc) is 3.21. The summed E-state index contributed by atoms with van der Waals surface area (Å²) < 4.78 is 7.92. The van der Waals surface area contributed by atoms with Crippen molar-refractivity contribution in [2.75, 3.05) is 0 Å². The maximum Gasteiger partial charge on any atom is 0.225 e. The molecule has 31 heavy (non-hydrogen) atoms. The zero-order valence-corrected chi connectivity index (χ0v) is 17.3. The van der Waals surface area contributed by atoms with E-state index >= 15 is 0 Å². The summed E-state index contributed by atoms with van der Waals surface area (Å²) in [5.74, 6) is 0.749. The van der Waals surface area contributed by atoms with Gasteiger partial charge in [-0.25, -0.2) is 9.97 Å². The molecule has 0 aliphatic heterocycles. The largest absolute Gasteiger partial charge is 0.489 e. The fourth-order valence-electron chi connectivity index (χ4n) is 3.40. The number of benzene rings is 2. The Hall–Kier alpha value is -3.77. The van der Waals surface area contributed by atoms with Gasteiger partial charge < -0.3 is 9.30 Å². The average molecular weight is 428 g/mol. The van der Waals surface area contributed by atoms with Gasteiger partial charge in [-0.1, -0.05) is 48.5 Å². The van der Waals surface area contributed by atoms with Crippen LogP contribution in [0.1, 0.15) is 11.1 Å². The van der Waals surface area contributed by atoms with Gasteiger partial charge in [-0.15, -0.1) is 0 Å². The normalized spacial score (nSPS) is 11.0. The summed E-state index contributed by atoms with van der Waals surface area (Å²) in [6.45, 7) is 1.08. The minimum absolute atomic E-state index is 0.172. The van der Waals surface area contributed by atoms with E-state index in [1.54, 1.807) is 12.5 Å². The maximum absolute atomic E-state index is 6.28. The third-order valence-electron chi connectivity index (χ3n) is 4.87. The van der Waals surface area contributed by atoms with E-state index in [9.17, 15) is 0 Å². The van der Waals surface area contributed by atoms with Crippen LogP contribution in [-0.2, 0) is 13.2 Å². The predicted molar refractivity (Wildman–Crippen MR) is 120 cm³/mol. The van der Waals surface area contributed by atoms with Gasteiger partial charge in [0.25, 0.3) is 0 Å². The van der Waals surface area contributed by atoms with Crippen LogP contribution in [-0.4, -0.2) is 24.5 Å². The van der Waals surface area contributed by atoms with Crippen LogP contribution in [0.2, 0.25) is 5.28 Å². The highest BCUT2D eigenvalue weighted by atomic mass is 35.5. The van der Waals surface area contributed by atoms with Gasteiger partial charge in [0, 0.05) is 18.0 Å². The second-order valence-electron chi connectivity index (χ2n) is 7.05. The Morgan fingerprint density at radius 3 is 2.61 bits per heavy atom. The summed E-state index contributed by atoms with van der Waals surface area (Å²) in [6.07, 6.45) is 5.32. The molecule has 0 N–H and O–H groups in total. The van der Waals surface area contributed by atoms with E-state index < -0.39 is 0 Å². The Bertz CT molecular complexity index is 1320. The third kappa shape index (κ3) is 4.25. The topological polar surface area (TPSA) is 65.7 Å². The van der Waals surface area contributed by atoms with Gasteiger partial charge in [0.2, 0.25) is 5.28 Å². The van der Waals surface area contributed by atoms with E-state index in [0.29, 0.717) is 30.0 Å². The smallest absolute Gasteiger partial charge is 0.225 e. The molecule has 0 fully saturated rings. The van der Waals surface area contributed by atoms with Gasteiger partial charge in [0.05, 0.1) is 12.9 Å². The molecule has 0 unspecified atom stereocenters. The van der Waals surface area contributed by atoms with Crippen LogP contribution in [0.4, 0.5) is 0 Å². The highest BCUT2D eigenvalue weighted by molar-refractivity contribution is 6.28. The van der Waals surface area contributed by atoms with Gasteiger partial charge in [0.1, 0.15) is 23.6 Å². The molecule has 0 radical (unpaired) electrons. The molecule has 5 rings (SSSR count). The Morgan fingerprint density at radius 2 is 1.77 bits per heavy atom. The number of rotatable bonds is 6. The number of nitrogens with zero attached hydrogens (tertiary/aromatic N) is 5. The van der Waals surface area contributed by atoms with Crippen molar-refractivity contribution < 1.29 is 4.74 Å². The molecule has 3 heterocycles. The minimum atomic E-state index is 0.172. The lowest BCUT2D eigenvalue weighted by atomic mass is 10.1. The summed E-state index contributed by atoms with van der Waals surface area (Å²) >= 11 is 6.28. The first-order valence-electron chi connectivity index (χ1n) is 9.81. The number of aromatic nitrogens is 5. The SMILES string of the molecule is Clc1nc(-c2cccc(OCc3ccccc3)c2)c2ncn(Cc3cccnc3)c2n1. The number of halogens is 1. The predicted octanol–water partition coefficient (Wildman–Crippen LogP) is 5.17. The molecule has 7 heteroatoms. The number of hydrogen-bond acceptors (Lipinski definition) is 5. The summed E-state index contributed by atoms with van der Waals surface area (Å²) in [4.78, 5) is 17.6. The quantitative estimate of drug-likeness (QED) is 0.350. The van der Waals surface area contributed by atoms with Crippen LogP contribution >= 0.6 is 11.6 Å². The molecule has 0 saturated heterocycles. The van der Waals surface area contributed by atoms with Gasteiger partial charge >= 0.3 is 0 Å². The van der Waals surface area contributed by atoms with Gasteiger partial charge in [-0.3, -0.25) is 4.98 Å². The molecule has 0 amide bonds. The molecular formula is C24H18ClN5O. The molecule has 3 aromatic heterocycles. The molecule has 0 saturated carbocycles. The fraction of sp³-hybridized carbons (Fsp3) is 0.0833. The second-order valence-corrected chi connectivity index (χ2v) is 7.39. The van der Waals surface area contributed by atoms with Crippen molar-refractivity contribution in [3.63, 3.8) is 0 Å². The number of ether oxygens (including phenoxy) is 1. The Kier molecular flexibility index (Phi) is 5.29. The van der Waals surface area contributed by atoms with E-state index in [0.717, 1.165) is 22.4 Å². The van der Waals surface area contributed by atoms with Crippen LogP contribution in [0.3, 0.4) is 0 Å². The molecule has 6 nitrogen and oxygen atoms in total. The molecular weight excluding hydrogens is 410 g/mol. The zero-order valence-electron chi connectivity index (χ0n) is 16.5. The van der Waals surface area contributed by atoms with Crippen molar-refractivity contribution in [3.8, 4) is 17.0 Å². The van der Waals surface area contributed by atoms with Crippen LogP contribution in [0.25, 0.3) is 22.4 Å². The van der Waals surface area contributed by atoms with Crippen molar-refractivity contribution in [1.82, 2.24) is 24.5 Å². The summed E-state index contributed by atoms with van der Waals surface area (Å²) in [5, 5.41) is 0.172. The number of fused-ring (bicyclic) bond motifs is 1. The number of imidazole rings is 1. The highest BCUT2D eigenvalue weighted by Crippen LogP contribution is 2.29. The number of hydrogen-bond donors (Lipinski definition) is 0. The first-order valence-corrected chi connectivity index (χ1v) is 10.2. The second kappa shape index (κ2) is 8.53. The van der Waals surface area contributed by atoms with Crippen molar-refractivity contribution in [2.24, 2.45) is 0 Å². The highest BCUT2D eigenvalue weighted by Gasteiger charge is 2.15. The third-order valence-corrected chi connectivity index (χ3v) is 5.04. The van der Waals surface area contributed by atoms with Crippen molar-refractivity contribution in [1.29, 1.82) is 0 Å². The summed E-state index contributed by atoms with van der Waals surface area (Å²) in [6, 6.07) is 21.7. The lowest BCUT2D eigenvalue weighted by Gasteiger charge is -2.09. The van der Waals surface area contributed by atoms with E-state index in [-0.39, 0.29) is 5.28 Å². The standard InChI is InChI=1S/C24H18ClN5O/c25-24-28-21(19-9-4-10-20(12-19)31-15-17-6-2-1-3-7-17)22-23(29-24)30(16-27-22)14-18-8-5-11-26-13-18/h1-13,16H,14-15H2.